The minimum Gasteiger partial charge on any atom is -0.239 e. The first kappa shape index (κ1) is 16.4. The van der Waals surface area contributed by atoms with E-state index in [1.807, 2.05) is 30.3 Å². The number of halogens is 1. The van der Waals surface area contributed by atoms with Gasteiger partial charge in [-0.05, 0) is 29.8 Å². The van der Waals surface area contributed by atoms with Crippen molar-refractivity contribution in [1.82, 2.24) is 9.29 Å². The van der Waals surface area contributed by atoms with Gasteiger partial charge >= 0.3 is 0 Å². The van der Waals surface area contributed by atoms with Crippen LogP contribution < -0.4 is 0 Å². The zero-order valence-electron chi connectivity index (χ0n) is 13.2. The lowest BCUT2D eigenvalue weighted by atomic mass is 10.2. The van der Waals surface area contributed by atoms with Crippen LogP contribution in [-0.4, -0.2) is 17.7 Å². The van der Waals surface area contributed by atoms with Gasteiger partial charge in [-0.2, -0.15) is 4.31 Å². The average Bonchev–Trinajstić information content (AvgIpc) is 3.15. The van der Waals surface area contributed by atoms with Gasteiger partial charge in [0.1, 0.15) is 10.8 Å². The molecule has 0 fully saturated rings. The molecule has 0 unspecified atom stereocenters. The van der Waals surface area contributed by atoms with Crippen molar-refractivity contribution in [3.8, 4) is 10.6 Å². The van der Waals surface area contributed by atoms with Crippen LogP contribution in [0.4, 0.5) is 4.39 Å². The van der Waals surface area contributed by atoms with Crippen LogP contribution in [0.1, 0.15) is 16.1 Å². The standard InChI is InChI=1S/C18H15FN2O2S2/c19-15-8-6-14(7-9-15)18-20-16-10-21(11-17(16)24-18)25(22,23)12-13-4-2-1-3-5-13/h1-9H,10-12H2. The zero-order valence-corrected chi connectivity index (χ0v) is 14.9. The quantitative estimate of drug-likeness (QED) is 0.698. The van der Waals surface area contributed by atoms with Gasteiger partial charge < -0.3 is 0 Å². The molecular formula is C18H15FN2O2S2. The molecule has 1 aromatic heterocycles. The van der Waals surface area contributed by atoms with Gasteiger partial charge in [0.05, 0.1) is 24.5 Å². The highest BCUT2D eigenvalue weighted by Gasteiger charge is 2.32. The van der Waals surface area contributed by atoms with Gasteiger partial charge in [-0.15, -0.1) is 11.3 Å². The summed E-state index contributed by atoms with van der Waals surface area (Å²) in [6, 6.07) is 15.3. The predicted octanol–water partition coefficient (Wildman–Crippen LogP) is 3.79. The van der Waals surface area contributed by atoms with Crippen LogP contribution in [0.15, 0.2) is 54.6 Å². The van der Waals surface area contributed by atoms with Gasteiger partial charge in [-0.1, -0.05) is 30.3 Å². The minimum absolute atomic E-state index is 0.00635. The predicted molar refractivity (Wildman–Crippen MR) is 95.8 cm³/mol. The summed E-state index contributed by atoms with van der Waals surface area (Å²) in [6.45, 7) is 0.644. The molecule has 0 bridgehead atoms. The highest BCUT2D eigenvalue weighted by atomic mass is 32.2. The molecule has 4 rings (SSSR count). The van der Waals surface area contributed by atoms with Crippen molar-refractivity contribution in [2.24, 2.45) is 0 Å². The maximum atomic E-state index is 13.0. The van der Waals surface area contributed by atoms with E-state index in [1.165, 1.54) is 27.8 Å². The van der Waals surface area contributed by atoms with E-state index in [0.29, 0.717) is 13.1 Å². The van der Waals surface area contributed by atoms with Crippen LogP contribution in [0.3, 0.4) is 0 Å². The van der Waals surface area contributed by atoms with Gasteiger partial charge in [-0.3, -0.25) is 0 Å². The molecule has 0 aliphatic carbocycles. The van der Waals surface area contributed by atoms with Crippen molar-refractivity contribution in [1.29, 1.82) is 0 Å². The molecule has 0 N–H and O–H groups in total. The molecule has 2 heterocycles. The number of sulfonamides is 1. The molecular weight excluding hydrogens is 359 g/mol. The maximum absolute atomic E-state index is 13.0. The number of fused-ring (bicyclic) bond motifs is 1. The monoisotopic (exact) mass is 374 g/mol. The topological polar surface area (TPSA) is 50.3 Å². The summed E-state index contributed by atoms with van der Waals surface area (Å²) in [7, 11) is -3.38. The third-order valence-electron chi connectivity index (χ3n) is 4.10. The normalized spacial score (nSPS) is 14.6. The molecule has 1 aliphatic heterocycles. The Morgan fingerprint density at radius 3 is 2.44 bits per heavy atom. The molecule has 25 heavy (non-hydrogen) atoms. The number of nitrogens with zero attached hydrogens (tertiary/aromatic N) is 2. The van der Waals surface area contributed by atoms with E-state index in [-0.39, 0.29) is 11.6 Å². The average molecular weight is 374 g/mol. The van der Waals surface area contributed by atoms with Gasteiger partial charge in [-0.25, -0.2) is 17.8 Å². The lowest BCUT2D eigenvalue weighted by Crippen LogP contribution is -2.27. The number of thiazole rings is 1. The Hall–Kier alpha value is -2.09. The number of rotatable bonds is 4. The first-order chi connectivity index (χ1) is 12.0. The summed E-state index contributed by atoms with van der Waals surface area (Å²) >= 11 is 1.47. The second-order valence-corrected chi connectivity index (χ2v) is 8.96. The van der Waals surface area contributed by atoms with Crippen molar-refractivity contribution in [2.45, 2.75) is 18.8 Å². The first-order valence-electron chi connectivity index (χ1n) is 7.77. The lowest BCUT2D eigenvalue weighted by Gasteiger charge is -2.15. The molecule has 4 nitrogen and oxygen atoms in total. The summed E-state index contributed by atoms with van der Waals surface area (Å²) < 4.78 is 39.8. The fourth-order valence-electron chi connectivity index (χ4n) is 2.80. The number of aromatic nitrogens is 1. The van der Waals surface area contributed by atoms with Crippen LogP contribution >= 0.6 is 11.3 Å². The molecule has 128 valence electrons. The summed E-state index contributed by atoms with van der Waals surface area (Å²) in [5.41, 5.74) is 2.41. The summed E-state index contributed by atoms with van der Waals surface area (Å²) in [6.07, 6.45) is 0. The van der Waals surface area contributed by atoms with Gasteiger partial charge in [0.2, 0.25) is 10.0 Å². The molecule has 0 atom stereocenters. The fraction of sp³-hybridized carbons (Fsp3) is 0.167. The lowest BCUT2D eigenvalue weighted by molar-refractivity contribution is 0.429. The largest absolute Gasteiger partial charge is 0.239 e. The Labute approximate surface area is 149 Å². The van der Waals surface area contributed by atoms with E-state index in [0.717, 1.165) is 26.7 Å². The number of benzene rings is 2. The molecule has 3 aromatic rings. The highest BCUT2D eigenvalue weighted by molar-refractivity contribution is 7.88. The van der Waals surface area contributed by atoms with Crippen LogP contribution in [0, 0.1) is 5.82 Å². The van der Waals surface area contributed by atoms with Crippen molar-refractivity contribution in [3.05, 3.63) is 76.5 Å². The highest BCUT2D eigenvalue weighted by Crippen LogP contribution is 2.35. The third-order valence-corrected chi connectivity index (χ3v) is 6.98. The van der Waals surface area contributed by atoms with E-state index >= 15 is 0 Å². The van der Waals surface area contributed by atoms with Crippen molar-refractivity contribution in [2.75, 3.05) is 0 Å². The van der Waals surface area contributed by atoms with Gasteiger partial charge in [0.25, 0.3) is 0 Å². The Bertz CT molecular complexity index is 976. The van der Waals surface area contributed by atoms with Crippen LogP contribution in [0.25, 0.3) is 10.6 Å². The molecule has 0 saturated carbocycles. The minimum atomic E-state index is -3.38. The second kappa shape index (κ2) is 6.33. The van der Waals surface area contributed by atoms with Crippen molar-refractivity contribution in [3.63, 3.8) is 0 Å². The second-order valence-electron chi connectivity index (χ2n) is 5.91. The van der Waals surface area contributed by atoms with Crippen LogP contribution in [0.2, 0.25) is 0 Å². The Kier molecular flexibility index (Phi) is 4.15. The summed E-state index contributed by atoms with van der Waals surface area (Å²) in [5, 5.41) is 0.796. The molecule has 2 aromatic carbocycles. The molecule has 7 heteroatoms. The van der Waals surface area contributed by atoms with Crippen molar-refractivity contribution < 1.29 is 12.8 Å². The van der Waals surface area contributed by atoms with E-state index in [4.69, 9.17) is 0 Å². The number of hydrogen-bond donors (Lipinski definition) is 0. The smallest absolute Gasteiger partial charge is 0.218 e. The molecule has 0 spiro atoms. The summed E-state index contributed by atoms with van der Waals surface area (Å²) in [5.74, 6) is -0.292. The van der Waals surface area contributed by atoms with Gasteiger partial charge in [0, 0.05) is 10.4 Å². The summed E-state index contributed by atoms with van der Waals surface area (Å²) in [4.78, 5) is 5.51. The van der Waals surface area contributed by atoms with Crippen LogP contribution in [-0.2, 0) is 28.9 Å². The Morgan fingerprint density at radius 2 is 1.76 bits per heavy atom. The van der Waals surface area contributed by atoms with Crippen molar-refractivity contribution >= 4 is 21.4 Å². The van der Waals surface area contributed by atoms with E-state index in [2.05, 4.69) is 4.98 Å². The Balaban J connectivity index is 1.52. The van der Waals surface area contributed by atoms with E-state index < -0.39 is 10.0 Å². The van der Waals surface area contributed by atoms with Crippen LogP contribution in [0.5, 0.6) is 0 Å². The molecule has 1 aliphatic rings. The maximum Gasteiger partial charge on any atom is 0.218 e. The number of hydrogen-bond acceptors (Lipinski definition) is 4. The Morgan fingerprint density at radius 1 is 1.04 bits per heavy atom. The fourth-order valence-corrected chi connectivity index (χ4v) is 5.42. The zero-order chi connectivity index (χ0) is 17.4. The molecule has 0 amide bonds. The van der Waals surface area contributed by atoms with E-state index in [9.17, 15) is 12.8 Å². The SMILES string of the molecule is O=S(=O)(Cc1ccccc1)N1Cc2nc(-c3ccc(F)cc3)sc2C1. The third kappa shape index (κ3) is 3.35. The molecule has 0 radical (unpaired) electrons. The van der Waals surface area contributed by atoms with Gasteiger partial charge in [0.15, 0.2) is 0 Å². The first-order valence-corrected chi connectivity index (χ1v) is 10.2. The van der Waals surface area contributed by atoms with E-state index in [1.54, 1.807) is 12.1 Å². The molecule has 0 saturated heterocycles.